The van der Waals surface area contributed by atoms with Crippen LogP contribution in [0.3, 0.4) is 0 Å². The number of amides is 1. The lowest BCUT2D eigenvalue weighted by Gasteiger charge is -2.18. The number of rotatable bonds is 10. The number of benzene rings is 1. The first-order valence-corrected chi connectivity index (χ1v) is 12.5. The van der Waals surface area contributed by atoms with Crippen molar-refractivity contribution in [2.75, 3.05) is 11.9 Å². The summed E-state index contributed by atoms with van der Waals surface area (Å²) in [4.78, 5) is 14.1. The van der Waals surface area contributed by atoms with E-state index in [-0.39, 0.29) is 16.8 Å². The number of nitrogens with zero attached hydrogens (tertiary/aromatic N) is 1. The van der Waals surface area contributed by atoms with Gasteiger partial charge in [0.05, 0.1) is 4.90 Å². The molecule has 0 heterocycles. The zero-order valence-corrected chi connectivity index (χ0v) is 18.7. The van der Waals surface area contributed by atoms with Gasteiger partial charge in [-0.25, -0.2) is 13.1 Å². The van der Waals surface area contributed by atoms with Crippen molar-refractivity contribution in [2.24, 2.45) is 0 Å². The number of allylic oxidation sites excluding steroid dienone is 1. The number of likely N-dealkylation sites (N-methyl/N-ethyl adjacent to an activating group) is 1. The number of anilines is 1. The van der Waals surface area contributed by atoms with E-state index in [0.717, 1.165) is 38.5 Å². The summed E-state index contributed by atoms with van der Waals surface area (Å²) >= 11 is 0. The van der Waals surface area contributed by atoms with Gasteiger partial charge in [-0.3, -0.25) is 4.79 Å². The Morgan fingerprint density at radius 3 is 2.34 bits per heavy atom. The number of unbranched alkanes of at least 4 members (excludes halogenated alkanes) is 4. The zero-order chi connectivity index (χ0) is 21.1. The van der Waals surface area contributed by atoms with E-state index in [1.807, 2.05) is 6.08 Å². The van der Waals surface area contributed by atoms with Crippen molar-refractivity contribution in [3.8, 4) is 0 Å². The largest absolute Gasteiger partial charge is 0.312 e. The van der Waals surface area contributed by atoms with Crippen LogP contribution in [0.25, 0.3) is 0 Å². The van der Waals surface area contributed by atoms with E-state index in [1.165, 1.54) is 37.0 Å². The van der Waals surface area contributed by atoms with E-state index < -0.39 is 10.0 Å². The van der Waals surface area contributed by atoms with Gasteiger partial charge in [0.25, 0.3) is 0 Å². The molecule has 0 unspecified atom stereocenters. The Labute approximate surface area is 176 Å². The molecule has 162 valence electrons. The molecule has 5 nitrogen and oxygen atoms in total. The lowest BCUT2D eigenvalue weighted by molar-refractivity contribution is -0.113. The van der Waals surface area contributed by atoms with E-state index in [2.05, 4.69) is 11.6 Å². The predicted octanol–water partition coefficient (Wildman–Crippen LogP) is 5.18. The summed E-state index contributed by atoms with van der Waals surface area (Å²) in [6.45, 7) is 2.18. The first kappa shape index (κ1) is 23.6. The first-order chi connectivity index (χ1) is 13.9. The first-order valence-electron chi connectivity index (χ1n) is 11.0. The molecule has 1 aliphatic carbocycles. The maximum Gasteiger partial charge on any atom is 0.250 e. The highest BCUT2D eigenvalue weighted by Gasteiger charge is 2.21. The lowest BCUT2D eigenvalue weighted by atomic mass is 10.1. The number of sulfonamides is 1. The Kier molecular flexibility index (Phi) is 9.88. The molecule has 6 heteroatoms. The summed E-state index contributed by atoms with van der Waals surface area (Å²) in [7, 11) is -1.83. The second-order valence-corrected chi connectivity index (χ2v) is 9.67. The van der Waals surface area contributed by atoms with Crippen LogP contribution in [0.15, 0.2) is 41.3 Å². The third-order valence-corrected chi connectivity index (χ3v) is 7.06. The Hall–Kier alpha value is -1.66. The van der Waals surface area contributed by atoms with E-state index in [4.69, 9.17) is 0 Å². The predicted molar refractivity (Wildman–Crippen MR) is 120 cm³/mol. The highest BCUT2D eigenvalue weighted by molar-refractivity contribution is 7.89. The van der Waals surface area contributed by atoms with Crippen LogP contribution in [0, 0.1) is 0 Å². The van der Waals surface area contributed by atoms with E-state index >= 15 is 0 Å². The molecule has 0 bridgehead atoms. The summed E-state index contributed by atoms with van der Waals surface area (Å²) < 4.78 is 28.2. The van der Waals surface area contributed by atoms with Gasteiger partial charge in [-0.1, -0.05) is 57.9 Å². The van der Waals surface area contributed by atoms with Gasteiger partial charge >= 0.3 is 0 Å². The van der Waals surface area contributed by atoms with Crippen LogP contribution in [0.2, 0.25) is 0 Å². The van der Waals surface area contributed by atoms with Gasteiger partial charge in [0.15, 0.2) is 0 Å². The fourth-order valence-electron chi connectivity index (χ4n) is 3.65. The van der Waals surface area contributed by atoms with Gasteiger partial charge in [0.1, 0.15) is 0 Å². The van der Waals surface area contributed by atoms with E-state index in [1.54, 1.807) is 37.4 Å². The molecule has 0 radical (unpaired) electrons. The fourth-order valence-corrected chi connectivity index (χ4v) is 4.95. The van der Waals surface area contributed by atoms with Crippen molar-refractivity contribution in [1.82, 2.24) is 4.72 Å². The molecule has 1 aliphatic rings. The van der Waals surface area contributed by atoms with Crippen molar-refractivity contribution in [1.29, 1.82) is 0 Å². The molecule has 1 fully saturated rings. The quantitative estimate of drug-likeness (QED) is 0.322. The topological polar surface area (TPSA) is 66.5 Å². The zero-order valence-electron chi connectivity index (χ0n) is 17.9. The van der Waals surface area contributed by atoms with Crippen LogP contribution in [0.4, 0.5) is 5.69 Å². The number of nitrogens with one attached hydrogen (secondary N) is 1. The summed E-state index contributed by atoms with van der Waals surface area (Å²) in [5.74, 6) is -0.104. The van der Waals surface area contributed by atoms with Crippen LogP contribution in [-0.2, 0) is 14.8 Å². The molecule has 2 rings (SSSR count). The summed E-state index contributed by atoms with van der Waals surface area (Å²) in [6.07, 6.45) is 15.5. The van der Waals surface area contributed by atoms with Gasteiger partial charge < -0.3 is 4.90 Å². The van der Waals surface area contributed by atoms with Gasteiger partial charge in [0, 0.05) is 18.8 Å². The lowest BCUT2D eigenvalue weighted by Crippen LogP contribution is -2.34. The average Bonchev–Trinajstić information content (AvgIpc) is 2.98. The maximum atomic E-state index is 12.7. The second kappa shape index (κ2) is 12.1. The fraction of sp³-hybridized carbons (Fsp3) is 0.609. The highest BCUT2D eigenvalue weighted by atomic mass is 32.2. The third-order valence-electron chi connectivity index (χ3n) is 5.53. The smallest absolute Gasteiger partial charge is 0.250 e. The molecular weight excluding hydrogens is 384 g/mol. The molecule has 1 aromatic carbocycles. The van der Waals surface area contributed by atoms with Crippen LogP contribution in [-0.4, -0.2) is 27.4 Å². The Morgan fingerprint density at radius 2 is 1.72 bits per heavy atom. The molecule has 1 saturated carbocycles. The minimum absolute atomic E-state index is 0.0221. The molecule has 1 aromatic rings. The molecule has 0 spiro atoms. The van der Waals surface area contributed by atoms with Crippen LogP contribution in [0.1, 0.15) is 77.6 Å². The van der Waals surface area contributed by atoms with Crippen molar-refractivity contribution in [2.45, 2.75) is 88.5 Å². The molecule has 1 amide bonds. The second-order valence-electron chi connectivity index (χ2n) is 7.95. The van der Waals surface area contributed by atoms with Crippen LogP contribution in [0.5, 0.6) is 0 Å². The van der Waals surface area contributed by atoms with E-state index in [0.29, 0.717) is 5.69 Å². The molecule has 0 atom stereocenters. The van der Waals surface area contributed by atoms with Gasteiger partial charge in [-0.15, -0.1) is 0 Å². The standard InChI is InChI=1S/C23H36N2O3S/c1-3-4-5-6-7-12-15-23(26)25(2)21-16-18-22(19-17-21)29(27,28)24-20-13-10-8-9-11-14-20/h12,15-20,24H,3-11,13-14H2,1-2H3. The number of carbonyl (C=O) groups excluding carboxylic acids is 1. The SMILES string of the molecule is CCCCCCC=CC(=O)N(C)c1ccc(S(=O)(=O)NC2CCCCCC2)cc1. The van der Waals surface area contributed by atoms with Crippen LogP contribution < -0.4 is 9.62 Å². The molecule has 0 saturated heterocycles. The molecule has 0 aromatic heterocycles. The maximum absolute atomic E-state index is 12.7. The third kappa shape index (κ3) is 7.94. The molecular formula is C23H36N2O3S. The van der Waals surface area contributed by atoms with Crippen molar-refractivity contribution in [3.63, 3.8) is 0 Å². The van der Waals surface area contributed by atoms with Gasteiger partial charge in [-0.05, 0) is 56.0 Å². The molecule has 1 N–H and O–H groups in total. The number of hydrogen-bond acceptors (Lipinski definition) is 3. The minimum atomic E-state index is -3.53. The Bertz CT molecular complexity index is 749. The minimum Gasteiger partial charge on any atom is -0.312 e. The van der Waals surface area contributed by atoms with Gasteiger partial charge in [0.2, 0.25) is 15.9 Å². The van der Waals surface area contributed by atoms with Crippen molar-refractivity contribution in [3.05, 3.63) is 36.4 Å². The Morgan fingerprint density at radius 1 is 1.07 bits per heavy atom. The van der Waals surface area contributed by atoms with Gasteiger partial charge in [-0.2, -0.15) is 0 Å². The highest BCUT2D eigenvalue weighted by Crippen LogP contribution is 2.21. The Balaban J connectivity index is 1.92. The number of hydrogen-bond donors (Lipinski definition) is 1. The summed E-state index contributed by atoms with van der Waals surface area (Å²) in [6, 6.07) is 6.55. The summed E-state index contributed by atoms with van der Waals surface area (Å²) in [5, 5.41) is 0. The molecule has 0 aliphatic heterocycles. The number of carbonyl (C=O) groups is 1. The monoisotopic (exact) mass is 420 g/mol. The van der Waals surface area contributed by atoms with Crippen molar-refractivity contribution < 1.29 is 13.2 Å². The summed E-state index contributed by atoms with van der Waals surface area (Å²) in [5.41, 5.74) is 0.680. The average molecular weight is 421 g/mol. The van der Waals surface area contributed by atoms with E-state index in [9.17, 15) is 13.2 Å². The van der Waals surface area contributed by atoms with Crippen molar-refractivity contribution >= 4 is 21.6 Å². The normalized spacial score (nSPS) is 16.1. The molecule has 29 heavy (non-hydrogen) atoms. The van der Waals surface area contributed by atoms with Crippen LogP contribution >= 0.6 is 0 Å².